The lowest BCUT2D eigenvalue weighted by Gasteiger charge is -2.25. The molecule has 0 bridgehead atoms. The topological polar surface area (TPSA) is 101 Å². The van der Waals surface area contributed by atoms with E-state index in [0.29, 0.717) is 0 Å². The maximum Gasteiger partial charge on any atom is 0.321 e. The van der Waals surface area contributed by atoms with Gasteiger partial charge in [-0.3, -0.25) is 4.79 Å². The van der Waals surface area contributed by atoms with Crippen LogP contribution in [0.15, 0.2) is 34.7 Å². The molecule has 0 saturated carbocycles. The third-order valence-electron chi connectivity index (χ3n) is 3.03. The first kappa shape index (κ1) is 18.5. The Morgan fingerprint density at radius 3 is 2.55 bits per heavy atom. The summed E-state index contributed by atoms with van der Waals surface area (Å²) in [4.78, 5) is 11.0. The lowest BCUT2D eigenvalue weighted by Crippen LogP contribution is -2.43. The Kier molecular flexibility index (Phi) is 5.99. The molecule has 1 aromatic rings. The predicted octanol–water partition coefficient (Wildman–Crippen LogP) is 2.35. The van der Waals surface area contributed by atoms with Gasteiger partial charge >= 0.3 is 5.97 Å². The Hall–Kier alpha value is -1.57. The Morgan fingerprint density at radius 1 is 1.45 bits per heavy atom. The van der Waals surface area contributed by atoms with Crippen molar-refractivity contribution in [2.24, 2.45) is 0 Å². The Labute approximate surface area is 135 Å². The first-order chi connectivity index (χ1) is 10.1. The number of nitrogen functional groups attached to an aromatic ring is 1. The summed E-state index contributed by atoms with van der Waals surface area (Å²) in [5, 5.41) is 9.37. The molecule has 6 nitrogen and oxygen atoms in total. The van der Waals surface area contributed by atoms with Gasteiger partial charge < -0.3 is 10.8 Å². The number of sulfonamides is 1. The van der Waals surface area contributed by atoms with Gasteiger partial charge in [-0.2, -0.15) is 4.31 Å². The van der Waals surface area contributed by atoms with Crippen LogP contribution in [0, 0.1) is 0 Å². The number of halogens is 1. The highest BCUT2D eigenvalue weighted by Gasteiger charge is 2.33. The average molecular weight is 347 g/mol. The van der Waals surface area contributed by atoms with Crippen molar-refractivity contribution in [2.75, 3.05) is 12.3 Å². The number of carboxylic acids is 1. The van der Waals surface area contributed by atoms with Crippen LogP contribution in [0.3, 0.4) is 0 Å². The fourth-order valence-electron chi connectivity index (χ4n) is 1.72. The quantitative estimate of drug-likeness (QED) is 0.608. The van der Waals surface area contributed by atoms with Gasteiger partial charge in [0.2, 0.25) is 10.0 Å². The van der Waals surface area contributed by atoms with Crippen LogP contribution < -0.4 is 5.73 Å². The number of hydrogen-bond acceptors (Lipinski definition) is 4. The van der Waals surface area contributed by atoms with Gasteiger partial charge in [0, 0.05) is 11.6 Å². The van der Waals surface area contributed by atoms with Crippen molar-refractivity contribution in [3.05, 3.63) is 34.9 Å². The summed E-state index contributed by atoms with van der Waals surface area (Å²) in [6.45, 7) is 4.83. The highest BCUT2D eigenvalue weighted by molar-refractivity contribution is 7.89. The van der Waals surface area contributed by atoms with Crippen LogP contribution in [-0.4, -0.2) is 36.4 Å². The van der Waals surface area contributed by atoms with Crippen molar-refractivity contribution < 1.29 is 18.3 Å². The molecule has 3 N–H and O–H groups in total. The molecule has 0 aliphatic carbocycles. The van der Waals surface area contributed by atoms with Gasteiger partial charge in [-0.25, -0.2) is 8.42 Å². The van der Waals surface area contributed by atoms with Crippen LogP contribution in [0.2, 0.25) is 5.02 Å². The van der Waals surface area contributed by atoms with E-state index in [1.807, 2.05) is 0 Å². The molecule has 0 spiro atoms. The number of nitrogens with zero attached hydrogens (tertiary/aromatic N) is 1. The highest BCUT2D eigenvalue weighted by Crippen LogP contribution is 2.27. The van der Waals surface area contributed by atoms with Gasteiger partial charge in [0.25, 0.3) is 0 Å². The van der Waals surface area contributed by atoms with Crippen LogP contribution >= 0.6 is 11.6 Å². The molecule has 0 saturated heterocycles. The molecule has 0 aliphatic rings. The second kappa shape index (κ2) is 7.13. The number of benzene rings is 1. The first-order valence-corrected chi connectivity index (χ1v) is 8.32. The molecule has 0 heterocycles. The number of anilines is 1. The summed E-state index contributed by atoms with van der Waals surface area (Å²) in [7, 11) is -4.10. The molecule has 22 heavy (non-hydrogen) atoms. The monoisotopic (exact) mass is 346 g/mol. The minimum absolute atomic E-state index is 0.0178. The molecule has 0 radical (unpaired) electrons. The molecule has 1 unspecified atom stereocenters. The standard InChI is InChI=1S/C14H19ClN2O4S/c1-9(2)6-7-17(10(3)14(18)19)22(20,21)13-8-11(15)4-5-12(13)16/h4-6,8,10H,7,16H2,1-3H3,(H,18,19). The van der Waals surface area contributed by atoms with Gasteiger partial charge in [0.05, 0.1) is 5.69 Å². The largest absolute Gasteiger partial charge is 0.480 e. The first-order valence-electron chi connectivity index (χ1n) is 6.50. The lowest BCUT2D eigenvalue weighted by molar-refractivity contribution is -0.140. The molecule has 1 aromatic carbocycles. The number of carboxylic acid groups (broad SMARTS) is 1. The summed E-state index contributed by atoms with van der Waals surface area (Å²) < 4.78 is 26.4. The molecule has 0 aliphatic heterocycles. The molecule has 0 aromatic heterocycles. The predicted molar refractivity (Wildman–Crippen MR) is 86.3 cm³/mol. The minimum atomic E-state index is -4.10. The maximum atomic E-state index is 12.8. The van der Waals surface area contributed by atoms with E-state index in [2.05, 4.69) is 0 Å². The number of rotatable bonds is 6. The van der Waals surface area contributed by atoms with E-state index in [-0.39, 0.29) is 22.2 Å². The molecular weight excluding hydrogens is 328 g/mol. The van der Waals surface area contributed by atoms with Gasteiger partial charge in [-0.15, -0.1) is 0 Å². The second-order valence-electron chi connectivity index (χ2n) is 5.05. The highest BCUT2D eigenvalue weighted by atomic mass is 35.5. The Bertz CT molecular complexity index is 697. The lowest BCUT2D eigenvalue weighted by atomic mass is 10.3. The zero-order chi connectivity index (χ0) is 17.1. The van der Waals surface area contributed by atoms with E-state index in [1.54, 1.807) is 19.9 Å². The SMILES string of the molecule is CC(C)=CCN(C(C)C(=O)O)S(=O)(=O)c1cc(Cl)ccc1N. The van der Waals surface area contributed by atoms with Crippen LogP contribution in [-0.2, 0) is 14.8 Å². The van der Waals surface area contributed by atoms with Gasteiger partial charge in [0.1, 0.15) is 10.9 Å². The average Bonchev–Trinajstić information content (AvgIpc) is 2.40. The Balaban J connectivity index is 3.41. The van der Waals surface area contributed by atoms with E-state index in [4.69, 9.17) is 22.4 Å². The smallest absolute Gasteiger partial charge is 0.321 e. The molecule has 0 amide bonds. The fraction of sp³-hybridized carbons (Fsp3) is 0.357. The van der Waals surface area contributed by atoms with E-state index in [9.17, 15) is 13.2 Å². The molecule has 8 heteroatoms. The van der Waals surface area contributed by atoms with Crippen LogP contribution in [0.1, 0.15) is 20.8 Å². The van der Waals surface area contributed by atoms with Gasteiger partial charge in [0.15, 0.2) is 0 Å². The van der Waals surface area contributed by atoms with Crippen LogP contribution in [0.4, 0.5) is 5.69 Å². The van der Waals surface area contributed by atoms with Gasteiger partial charge in [-0.1, -0.05) is 23.3 Å². The van der Waals surface area contributed by atoms with E-state index >= 15 is 0 Å². The third-order valence-corrected chi connectivity index (χ3v) is 5.26. The summed E-state index contributed by atoms with van der Waals surface area (Å²) in [6, 6.07) is 2.83. The normalized spacial score (nSPS) is 13.0. The van der Waals surface area contributed by atoms with Crippen molar-refractivity contribution in [3.8, 4) is 0 Å². The summed E-state index contributed by atoms with van der Waals surface area (Å²) >= 11 is 5.83. The number of allylic oxidation sites excluding steroid dienone is 1. The number of aliphatic carboxylic acids is 1. The van der Waals surface area contributed by atoms with Crippen LogP contribution in [0.5, 0.6) is 0 Å². The molecule has 122 valence electrons. The van der Waals surface area contributed by atoms with E-state index < -0.39 is 22.0 Å². The van der Waals surface area contributed by atoms with Crippen molar-refractivity contribution in [3.63, 3.8) is 0 Å². The van der Waals surface area contributed by atoms with E-state index in [1.165, 1.54) is 25.1 Å². The van der Waals surface area contributed by atoms with Gasteiger partial charge in [-0.05, 0) is 39.0 Å². The number of nitrogens with two attached hydrogens (primary N) is 1. The summed E-state index contributed by atoms with van der Waals surface area (Å²) in [6.07, 6.45) is 1.64. The summed E-state index contributed by atoms with van der Waals surface area (Å²) in [5.74, 6) is -1.24. The summed E-state index contributed by atoms with van der Waals surface area (Å²) in [5.41, 5.74) is 6.61. The maximum absolute atomic E-state index is 12.8. The number of hydrogen-bond donors (Lipinski definition) is 2. The molecule has 1 rings (SSSR count). The number of carbonyl (C=O) groups is 1. The van der Waals surface area contributed by atoms with Crippen molar-refractivity contribution in [1.82, 2.24) is 4.31 Å². The Morgan fingerprint density at radius 2 is 2.05 bits per heavy atom. The molecule has 1 atom stereocenters. The zero-order valence-electron chi connectivity index (χ0n) is 12.6. The minimum Gasteiger partial charge on any atom is -0.480 e. The zero-order valence-corrected chi connectivity index (χ0v) is 14.1. The second-order valence-corrected chi connectivity index (χ2v) is 7.35. The molecular formula is C14H19ClN2O4S. The molecule has 0 fully saturated rings. The van der Waals surface area contributed by atoms with Crippen LogP contribution in [0.25, 0.3) is 0 Å². The van der Waals surface area contributed by atoms with Crippen molar-refractivity contribution in [1.29, 1.82) is 0 Å². The van der Waals surface area contributed by atoms with Crippen molar-refractivity contribution >= 4 is 33.3 Å². The van der Waals surface area contributed by atoms with E-state index in [0.717, 1.165) is 9.88 Å². The van der Waals surface area contributed by atoms with Crippen molar-refractivity contribution in [2.45, 2.75) is 31.7 Å². The fourth-order valence-corrected chi connectivity index (χ4v) is 3.63. The third kappa shape index (κ3) is 4.22.